The van der Waals surface area contributed by atoms with Gasteiger partial charge in [0.1, 0.15) is 16.4 Å². The van der Waals surface area contributed by atoms with Crippen LogP contribution >= 0.6 is 11.3 Å². The number of phenols is 1. The van der Waals surface area contributed by atoms with Gasteiger partial charge in [-0.1, -0.05) is 12.1 Å². The Labute approximate surface area is 181 Å². The Morgan fingerprint density at radius 3 is 2.45 bits per heavy atom. The summed E-state index contributed by atoms with van der Waals surface area (Å²) in [7, 11) is 0. The van der Waals surface area contributed by atoms with E-state index < -0.39 is 5.91 Å². The summed E-state index contributed by atoms with van der Waals surface area (Å²) in [4.78, 5) is 25.9. The Balaban J connectivity index is 1.40. The molecule has 0 saturated heterocycles. The molecule has 2 aromatic carbocycles. The molecule has 0 saturated carbocycles. The second-order valence-corrected chi connectivity index (χ2v) is 7.86. The zero-order valence-electron chi connectivity index (χ0n) is 16.6. The fourth-order valence-electron chi connectivity index (χ4n) is 3.12. The summed E-state index contributed by atoms with van der Waals surface area (Å²) < 4.78 is 14.9. The number of nitrogens with one attached hydrogen (secondary N) is 2. The number of phenolic OH excluding ortho intramolecular Hbond substituents is 1. The number of benzene rings is 2. The minimum Gasteiger partial charge on any atom is -0.507 e. The first-order chi connectivity index (χ1) is 14.9. The minimum absolute atomic E-state index is 0.0973. The quantitative estimate of drug-likeness (QED) is 0.402. The number of carbonyl (C=O) groups excluding carboxylic acids is 2. The van der Waals surface area contributed by atoms with Crippen LogP contribution in [0.1, 0.15) is 25.7 Å². The number of nitrogens with zero attached hydrogens (tertiary/aromatic N) is 2. The molecule has 0 aliphatic heterocycles. The van der Waals surface area contributed by atoms with Crippen molar-refractivity contribution >= 4 is 33.4 Å². The predicted molar refractivity (Wildman–Crippen MR) is 116 cm³/mol. The van der Waals surface area contributed by atoms with Gasteiger partial charge in [0.05, 0.1) is 21.8 Å². The molecule has 0 aliphatic carbocycles. The van der Waals surface area contributed by atoms with E-state index in [2.05, 4.69) is 15.7 Å². The Kier molecular flexibility index (Phi) is 5.68. The number of aromatic nitrogens is 2. The maximum absolute atomic E-state index is 13.2. The number of hydrogen-bond acceptors (Lipinski definition) is 5. The molecule has 3 N–H and O–H groups in total. The normalized spacial score (nSPS) is 10.9. The van der Waals surface area contributed by atoms with Crippen LogP contribution in [0.3, 0.4) is 0 Å². The summed E-state index contributed by atoms with van der Waals surface area (Å²) in [5, 5.41) is 20.5. The van der Waals surface area contributed by atoms with Crippen LogP contribution < -0.4 is 10.6 Å². The highest BCUT2D eigenvalue weighted by Gasteiger charge is 2.17. The lowest BCUT2D eigenvalue weighted by Crippen LogP contribution is -2.34. The molecule has 4 rings (SSSR count). The molecule has 2 amide bonds. The minimum atomic E-state index is -0.413. The van der Waals surface area contributed by atoms with Crippen LogP contribution in [-0.2, 0) is 0 Å². The number of amides is 2. The fourth-order valence-corrected chi connectivity index (χ4v) is 4.22. The summed E-state index contributed by atoms with van der Waals surface area (Å²) in [6.07, 6.45) is 0. The Hall–Kier alpha value is -3.72. The topological polar surface area (TPSA) is 96.3 Å². The van der Waals surface area contributed by atoms with E-state index in [0.29, 0.717) is 10.6 Å². The van der Waals surface area contributed by atoms with E-state index in [1.54, 1.807) is 35.0 Å². The van der Waals surface area contributed by atoms with Gasteiger partial charge in [-0.3, -0.25) is 9.59 Å². The average molecular weight is 438 g/mol. The lowest BCUT2D eigenvalue weighted by atomic mass is 10.2. The van der Waals surface area contributed by atoms with Crippen molar-refractivity contribution in [3.8, 4) is 11.4 Å². The zero-order valence-corrected chi connectivity index (χ0v) is 17.4. The monoisotopic (exact) mass is 438 g/mol. The standard InChI is InChI=1S/C22H19FN4O3S/c1-13-17-12-19(31-22(17)27(26-13)15-8-6-14(23)7-9-15)21(30)25-11-10-24-20(29)16-4-2-3-5-18(16)28/h2-9,12,28H,10-11H2,1H3,(H,24,29)(H,25,30). The number of thiophene rings is 1. The van der Waals surface area contributed by atoms with Crippen molar-refractivity contribution in [1.82, 2.24) is 20.4 Å². The third kappa shape index (κ3) is 4.26. The molecule has 158 valence electrons. The Morgan fingerprint density at radius 2 is 1.74 bits per heavy atom. The number of halogens is 1. The first-order valence-corrected chi connectivity index (χ1v) is 10.3. The van der Waals surface area contributed by atoms with Gasteiger partial charge in [0.15, 0.2) is 0 Å². The molecule has 0 atom stereocenters. The van der Waals surface area contributed by atoms with Gasteiger partial charge in [-0.25, -0.2) is 9.07 Å². The van der Waals surface area contributed by atoms with Crippen LogP contribution in [-0.4, -0.2) is 39.8 Å². The third-order valence-electron chi connectivity index (χ3n) is 4.68. The van der Waals surface area contributed by atoms with Gasteiger partial charge in [-0.15, -0.1) is 11.3 Å². The molecule has 0 fully saturated rings. The van der Waals surface area contributed by atoms with Crippen molar-refractivity contribution in [2.75, 3.05) is 13.1 Å². The largest absolute Gasteiger partial charge is 0.507 e. The van der Waals surface area contributed by atoms with Crippen molar-refractivity contribution in [3.63, 3.8) is 0 Å². The van der Waals surface area contributed by atoms with Crippen molar-refractivity contribution in [3.05, 3.63) is 76.5 Å². The van der Waals surface area contributed by atoms with Crippen LogP contribution in [0, 0.1) is 12.7 Å². The van der Waals surface area contributed by atoms with Gasteiger partial charge in [-0.05, 0) is 49.4 Å². The van der Waals surface area contributed by atoms with Crippen molar-refractivity contribution in [1.29, 1.82) is 0 Å². The molecule has 2 aromatic heterocycles. The molecule has 31 heavy (non-hydrogen) atoms. The highest BCUT2D eigenvalue weighted by atomic mass is 32.1. The molecular formula is C22H19FN4O3S. The number of para-hydroxylation sites is 1. The van der Waals surface area contributed by atoms with Crippen molar-refractivity contribution in [2.24, 2.45) is 0 Å². The van der Waals surface area contributed by atoms with Crippen LogP contribution in [0.5, 0.6) is 5.75 Å². The molecule has 0 unspecified atom stereocenters. The molecule has 2 heterocycles. The average Bonchev–Trinajstić information content (AvgIpc) is 3.33. The molecule has 0 radical (unpaired) electrons. The van der Waals surface area contributed by atoms with E-state index in [1.165, 1.54) is 35.6 Å². The maximum atomic E-state index is 13.2. The smallest absolute Gasteiger partial charge is 0.261 e. The molecule has 0 spiro atoms. The summed E-state index contributed by atoms with van der Waals surface area (Å²) in [5.74, 6) is -1.10. The van der Waals surface area contributed by atoms with Gasteiger partial charge in [0.2, 0.25) is 0 Å². The maximum Gasteiger partial charge on any atom is 0.261 e. The van der Waals surface area contributed by atoms with E-state index in [0.717, 1.165) is 15.9 Å². The molecule has 9 heteroatoms. The second kappa shape index (κ2) is 8.57. The van der Waals surface area contributed by atoms with E-state index >= 15 is 0 Å². The Morgan fingerprint density at radius 1 is 1.06 bits per heavy atom. The molecule has 7 nitrogen and oxygen atoms in total. The van der Waals surface area contributed by atoms with Crippen LogP contribution in [0.15, 0.2) is 54.6 Å². The van der Waals surface area contributed by atoms with Crippen molar-refractivity contribution < 1.29 is 19.1 Å². The van der Waals surface area contributed by atoms with Gasteiger partial charge in [0, 0.05) is 18.5 Å². The molecule has 4 aromatic rings. The van der Waals surface area contributed by atoms with E-state index in [9.17, 15) is 19.1 Å². The SMILES string of the molecule is Cc1nn(-c2ccc(F)cc2)c2sc(C(=O)NCCNC(=O)c3ccccc3O)cc12. The van der Waals surface area contributed by atoms with Gasteiger partial charge < -0.3 is 15.7 Å². The number of hydrogen-bond donors (Lipinski definition) is 3. The number of carbonyl (C=O) groups is 2. The van der Waals surface area contributed by atoms with Crippen molar-refractivity contribution in [2.45, 2.75) is 6.92 Å². The number of fused-ring (bicyclic) bond motifs is 1. The highest BCUT2D eigenvalue weighted by molar-refractivity contribution is 7.20. The molecular weight excluding hydrogens is 419 g/mol. The Bertz CT molecular complexity index is 1260. The first-order valence-electron chi connectivity index (χ1n) is 9.53. The number of rotatable bonds is 6. The zero-order chi connectivity index (χ0) is 22.0. The highest BCUT2D eigenvalue weighted by Crippen LogP contribution is 2.30. The van der Waals surface area contributed by atoms with E-state index in [-0.39, 0.29) is 36.1 Å². The number of aromatic hydroxyl groups is 1. The molecule has 0 bridgehead atoms. The lowest BCUT2D eigenvalue weighted by Gasteiger charge is -2.07. The van der Waals surface area contributed by atoms with Crippen LogP contribution in [0.25, 0.3) is 15.9 Å². The summed E-state index contributed by atoms with van der Waals surface area (Å²) in [6, 6.07) is 14.0. The molecule has 0 aliphatic rings. The first kappa shape index (κ1) is 20.5. The van der Waals surface area contributed by atoms with E-state index in [4.69, 9.17) is 0 Å². The lowest BCUT2D eigenvalue weighted by molar-refractivity contribution is 0.0928. The summed E-state index contributed by atoms with van der Waals surface area (Å²) >= 11 is 1.29. The van der Waals surface area contributed by atoms with Gasteiger partial charge in [0.25, 0.3) is 11.8 Å². The van der Waals surface area contributed by atoms with Gasteiger partial charge in [-0.2, -0.15) is 5.10 Å². The van der Waals surface area contributed by atoms with Crippen LogP contribution in [0.4, 0.5) is 4.39 Å². The summed E-state index contributed by atoms with van der Waals surface area (Å²) in [6.45, 7) is 2.30. The van der Waals surface area contributed by atoms with Gasteiger partial charge >= 0.3 is 0 Å². The van der Waals surface area contributed by atoms with Crippen LogP contribution in [0.2, 0.25) is 0 Å². The third-order valence-corrected chi connectivity index (χ3v) is 5.79. The summed E-state index contributed by atoms with van der Waals surface area (Å²) in [5.41, 5.74) is 1.66. The second-order valence-electron chi connectivity index (χ2n) is 6.83. The predicted octanol–water partition coefficient (Wildman–Crippen LogP) is 3.40. The number of aryl methyl sites for hydroxylation is 1. The fraction of sp³-hybridized carbons (Fsp3) is 0.136. The van der Waals surface area contributed by atoms with E-state index in [1.807, 2.05) is 6.92 Å².